The van der Waals surface area contributed by atoms with Gasteiger partial charge in [0.25, 0.3) is 0 Å². The number of hydrogen-bond acceptors (Lipinski definition) is 4. The molecule has 0 aromatic heterocycles. The lowest BCUT2D eigenvalue weighted by Gasteiger charge is -2.20. The molecule has 0 saturated heterocycles. The molecule has 0 bridgehead atoms. The second kappa shape index (κ2) is 22.1. The molecule has 1 aliphatic heterocycles. The van der Waals surface area contributed by atoms with Crippen molar-refractivity contribution in [1.82, 2.24) is 15.5 Å². The average Bonchev–Trinajstić information content (AvgIpc) is 2.69. The van der Waals surface area contributed by atoms with Crippen molar-refractivity contribution in [3.05, 3.63) is 29.3 Å². The van der Waals surface area contributed by atoms with E-state index < -0.39 is 0 Å². The van der Waals surface area contributed by atoms with E-state index in [1.165, 1.54) is 30.4 Å². The van der Waals surface area contributed by atoms with Crippen molar-refractivity contribution in [1.29, 1.82) is 0 Å². The molecular formula is C25H49N3O2. The number of aromatic hydroxyl groups is 1. The normalized spacial score (nSPS) is 11.8. The first-order valence-corrected chi connectivity index (χ1v) is 11.8. The van der Waals surface area contributed by atoms with Crippen molar-refractivity contribution in [2.24, 2.45) is 5.92 Å². The number of phenols is 1. The summed E-state index contributed by atoms with van der Waals surface area (Å²) in [7, 11) is 0. The third-order valence-electron chi connectivity index (χ3n) is 3.81. The van der Waals surface area contributed by atoms with Gasteiger partial charge in [0, 0.05) is 19.6 Å². The smallest absolute Gasteiger partial charge is 0.207 e. The van der Waals surface area contributed by atoms with E-state index in [-0.39, 0.29) is 0 Å². The van der Waals surface area contributed by atoms with Gasteiger partial charge in [-0.2, -0.15) is 0 Å². The van der Waals surface area contributed by atoms with E-state index in [4.69, 9.17) is 5.11 Å². The van der Waals surface area contributed by atoms with Crippen molar-refractivity contribution < 1.29 is 9.90 Å². The fourth-order valence-corrected chi connectivity index (χ4v) is 2.72. The molecule has 5 heteroatoms. The van der Waals surface area contributed by atoms with Gasteiger partial charge in [-0.25, -0.2) is 0 Å². The number of rotatable bonds is 8. The minimum atomic E-state index is 0.368. The molecule has 0 spiro atoms. The minimum absolute atomic E-state index is 0.368. The van der Waals surface area contributed by atoms with E-state index in [9.17, 15) is 4.79 Å². The summed E-state index contributed by atoms with van der Waals surface area (Å²) in [5, 5.41) is 15.1. The summed E-state index contributed by atoms with van der Waals surface area (Å²) in [6.45, 7) is 21.1. The Hall–Kier alpha value is -1.59. The Morgan fingerprint density at radius 1 is 1.07 bits per heavy atom. The summed E-state index contributed by atoms with van der Waals surface area (Å²) in [6.07, 6.45) is 5.45. The van der Waals surface area contributed by atoms with Crippen LogP contribution >= 0.6 is 0 Å². The van der Waals surface area contributed by atoms with Gasteiger partial charge in [-0.05, 0) is 68.1 Å². The number of carbonyl (C=O) groups is 1. The van der Waals surface area contributed by atoms with Gasteiger partial charge in [0.1, 0.15) is 5.75 Å². The zero-order valence-electron chi connectivity index (χ0n) is 20.8. The number of benzene rings is 1. The first-order valence-electron chi connectivity index (χ1n) is 11.8. The van der Waals surface area contributed by atoms with Crippen LogP contribution in [0.15, 0.2) is 18.2 Å². The van der Waals surface area contributed by atoms with Crippen molar-refractivity contribution >= 4 is 6.41 Å². The molecule has 1 aromatic carbocycles. The lowest BCUT2D eigenvalue weighted by molar-refractivity contribution is -0.109. The number of nitrogens with one attached hydrogen (secondary N) is 2. The fraction of sp³-hybridized carbons (Fsp3) is 0.720. The van der Waals surface area contributed by atoms with Crippen molar-refractivity contribution in [3.63, 3.8) is 0 Å². The van der Waals surface area contributed by atoms with Crippen LogP contribution in [-0.2, 0) is 17.8 Å². The molecule has 5 nitrogen and oxygen atoms in total. The molecule has 0 unspecified atom stereocenters. The van der Waals surface area contributed by atoms with Crippen LogP contribution in [0.2, 0.25) is 0 Å². The summed E-state index contributed by atoms with van der Waals surface area (Å²) >= 11 is 0. The summed E-state index contributed by atoms with van der Waals surface area (Å²) in [6, 6.07) is 5.59. The monoisotopic (exact) mass is 423 g/mol. The maximum atomic E-state index is 9.97. The molecule has 3 N–H and O–H groups in total. The quantitative estimate of drug-likeness (QED) is 0.408. The van der Waals surface area contributed by atoms with E-state index >= 15 is 0 Å². The summed E-state index contributed by atoms with van der Waals surface area (Å²) in [4.78, 5) is 12.3. The van der Waals surface area contributed by atoms with Crippen LogP contribution < -0.4 is 10.6 Å². The molecule has 1 heterocycles. The molecule has 0 radical (unpaired) electrons. The molecule has 1 amide bonds. The predicted molar refractivity (Wildman–Crippen MR) is 131 cm³/mol. The van der Waals surface area contributed by atoms with Gasteiger partial charge in [0.15, 0.2) is 0 Å². The number of carbonyl (C=O) groups excluding carboxylic acids is 1. The van der Waals surface area contributed by atoms with E-state index in [1.807, 2.05) is 12.1 Å². The van der Waals surface area contributed by atoms with Crippen LogP contribution in [-0.4, -0.2) is 49.1 Å². The third kappa shape index (κ3) is 19.7. The van der Waals surface area contributed by atoms with E-state index in [1.54, 1.807) is 6.07 Å². The summed E-state index contributed by atoms with van der Waals surface area (Å²) in [5.41, 5.74) is 2.60. The first-order chi connectivity index (χ1) is 14.4. The van der Waals surface area contributed by atoms with Crippen LogP contribution in [0.1, 0.15) is 78.9 Å². The molecule has 0 aliphatic carbocycles. The number of nitrogens with zero attached hydrogens (tertiary/aromatic N) is 1. The van der Waals surface area contributed by atoms with Gasteiger partial charge >= 0.3 is 0 Å². The Morgan fingerprint density at radius 2 is 1.63 bits per heavy atom. The number of phenolic OH excluding ortho intramolecular Hbond substituents is 1. The maximum Gasteiger partial charge on any atom is 0.207 e. The SMILES string of the molecule is CC(C)C.CCC.CCCN(CCC)CCNC=O.Oc1ccc2c(c1)CNCC2. The summed E-state index contributed by atoms with van der Waals surface area (Å²) < 4.78 is 0. The highest BCUT2D eigenvalue weighted by molar-refractivity contribution is 5.45. The second-order valence-electron chi connectivity index (χ2n) is 8.23. The Morgan fingerprint density at radius 3 is 2.13 bits per heavy atom. The molecular weight excluding hydrogens is 374 g/mol. The standard InChI is InChI=1S/C9H20N2O.C9H11NO.C4H10.C3H8/c1-3-6-11(7-4-2)8-5-10-9-12;11-9-2-1-7-3-4-10-6-8(7)5-9;1-4(2)3;1-3-2/h9H,3-8H2,1-2H3,(H,10,12);1-2,5,10-11H,3-4,6H2;4H,1-3H3;3H2,1-2H3. The van der Waals surface area contributed by atoms with E-state index in [2.05, 4.69) is 64.0 Å². The van der Waals surface area contributed by atoms with Gasteiger partial charge in [0.05, 0.1) is 0 Å². The van der Waals surface area contributed by atoms with Gasteiger partial charge < -0.3 is 20.6 Å². The highest BCUT2D eigenvalue weighted by atomic mass is 16.3. The number of fused-ring (bicyclic) bond motifs is 1. The minimum Gasteiger partial charge on any atom is -0.508 e. The Kier molecular flexibility index (Phi) is 22.5. The second-order valence-corrected chi connectivity index (χ2v) is 8.23. The Labute approximate surface area is 186 Å². The van der Waals surface area contributed by atoms with Crippen LogP contribution in [0.5, 0.6) is 5.75 Å². The molecule has 1 aromatic rings. The average molecular weight is 424 g/mol. The highest BCUT2D eigenvalue weighted by Crippen LogP contribution is 2.18. The third-order valence-corrected chi connectivity index (χ3v) is 3.81. The molecule has 0 fully saturated rings. The van der Waals surface area contributed by atoms with Crippen LogP contribution in [0, 0.1) is 5.92 Å². The maximum absolute atomic E-state index is 9.97. The van der Waals surface area contributed by atoms with E-state index in [0.717, 1.165) is 58.0 Å². The fourth-order valence-electron chi connectivity index (χ4n) is 2.72. The highest BCUT2D eigenvalue weighted by Gasteiger charge is 2.07. The van der Waals surface area contributed by atoms with Crippen molar-refractivity contribution in [3.8, 4) is 5.75 Å². The molecule has 30 heavy (non-hydrogen) atoms. The lowest BCUT2D eigenvalue weighted by Crippen LogP contribution is -2.32. The number of hydrogen-bond donors (Lipinski definition) is 3. The molecule has 176 valence electrons. The van der Waals surface area contributed by atoms with Gasteiger partial charge in [-0.1, -0.05) is 61.0 Å². The molecule has 2 rings (SSSR count). The lowest BCUT2D eigenvalue weighted by atomic mass is 10.0. The van der Waals surface area contributed by atoms with E-state index in [0.29, 0.717) is 5.75 Å². The molecule has 1 aliphatic rings. The van der Waals surface area contributed by atoms with Crippen LogP contribution in [0.4, 0.5) is 0 Å². The summed E-state index contributed by atoms with van der Waals surface area (Å²) in [5.74, 6) is 1.20. The Balaban J connectivity index is 0. The van der Waals surface area contributed by atoms with Crippen molar-refractivity contribution in [2.45, 2.75) is 80.7 Å². The zero-order valence-corrected chi connectivity index (χ0v) is 20.8. The molecule has 0 saturated carbocycles. The predicted octanol–water partition coefficient (Wildman–Crippen LogP) is 4.97. The number of amides is 1. The first kappa shape index (κ1) is 30.6. The van der Waals surface area contributed by atoms with Gasteiger partial charge in [-0.3, -0.25) is 4.79 Å². The molecule has 0 atom stereocenters. The van der Waals surface area contributed by atoms with Crippen LogP contribution in [0.25, 0.3) is 0 Å². The zero-order chi connectivity index (χ0) is 23.2. The largest absolute Gasteiger partial charge is 0.508 e. The van der Waals surface area contributed by atoms with Crippen LogP contribution in [0.3, 0.4) is 0 Å². The van der Waals surface area contributed by atoms with Gasteiger partial charge in [-0.15, -0.1) is 0 Å². The van der Waals surface area contributed by atoms with Crippen molar-refractivity contribution in [2.75, 3.05) is 32.7 Å². The topological polar surface area (TPSA) is 64.6 Å². The van der Waals surface area contributed by atoms with Gasteiger partial charge in [0.2, 0.25) is 6.41 Å². The Bertz CT molecular complexity index is 498.